The molecule has 7 heteroatoms. The summed E-state index contributed by atoms with van der Waals surface area (Å²) in [6, 6.07) is 14.5. The molecule has 5 rings (SSSR count). The molecule has 1 saturated heterocycles. The van der Waals surface area contributed by atoms with Crippen LogP contribution in [0.25, 0.3) is 0 Å². The molecule has 1 amide bonds. The fraction of sp³-hybridized carbons (Fsp3) is 0.519. The standard InChI is InChI=1S/C27H35N3O4/c31-19-23-6-3-10-29(23)15-20-7-8-25-26(14-20)34-13-12-30(27(25)33)18-24(32)17-28-11-9-21-4-1-2-5-22(21)16-28/h1-2,4-5,7-8,14,23-24,31-32H,3,6,9-13,15-19H2/t23-,24?/m1/s1. The fourth-order valence-corrected chi connectivity index (χ4v) is 5.54. The molecule has 1 unspecified atom stereocenters. The van der Waals surface area contributed by atoms with Crippen LogP contribution < -0.4 is 4.74 Å². The van der Waals surface area contributed by atoms with Gasteiger partial charge in [0.25, 0.3) is 5.91 Å². The van der Waals surface area contributed by atoms with E-state index in [0.29, 0.717) is 37.6 Å². The highest BCUT2D eigenvalue weighted by Crippen LogP contribution is 2.27. The van der Waals surface area contributed by atoms with Gasteiger partial charge in [0.15, 0.2) is 0 Å². The van der Waals surface area contributed by atoms with Crippen molar-refractivity contribution in [2.75, 3.05) is 45.9 Å². The van der Waals surface area contributed by atoms with Crippen LogP contribution in [0.4, 0.5) is 0 Å². The lowest BCUT2D eigenvalue weighted by atomic mass is 10.00. The van der Waals surface area contributed by atoms with E-state index >= 15 is 0 Å². The van der Waals surface area contributed by atoms with Crippen molar-refractivity contribution in [1.29, 1.82) is 0 Å². The Bertz CT molecular complexity index is 1010. The zero-order valence-electron chi connectivity index (χ0n) is 19.7. The van der Waals surface area contributed by atoms with Crippen LogP contribution in [0.1, 0.15) is 39.9 Å². The normalized spacial score (nSPS) is 22.1. The summed E-state index contributed by atoms with van der Waals surface area (Å²) in [5, 5.41) is 20.4. The van der Waals surface area contributed by atoms with Gasteiger partial charge in [-0.15, -0.1) is 0 Å². The smallest absolute Gasteiger partial charge is 0.257 e. The van der Waals surface area contributed by atoms with E-state index in [9.17, 15) is 15.0 Å². The zero-order chi connectivity index (χ0) is 23.5. The number of aliphatic hydroxyl groups is 2. The lowest BCUT2D eigenvalue weighted by Crippen LogP contribution is -2.44. The maximum absolute atomic E-state index is 13.3. The largest absolute Gasteiger partial charge is 0.491 e. The minimum absolute atomic E-state index is 0.0866. The molecule has 3 aliphatic heterocycles. The van der Waals surface area contributed by atoms with Crippen molar-refractivity contribution in [3.8, 4) is 5.75 Å². The lowest BCUT2D eigenvalue weighted by molar-refractivity contribution is 0.0501. The SMILES string of the molecule is O=C1c2ccc(CN3CCC[C@@H]3CO)cc2OCCN1CC(O)CN1CCc2ccccc2C1. The van der Waals surface area contributed by atoms with Crippen molar-refractivity contribution in [1.82, 2.24) is 14.7 Å². The minimum Gasteiger partial charge on any atom is -0.491 e. The van der Waals surface area contributed by atoms with Crippen LogP contribution in [-0.2, 0) is 19.5 Å². The Labute approximate surface area is 201 Å². The molecule has 3 heterocycles. The maximum Gasteiger partial charge on any atom is 0.257 e. The van der Waals surface area contributed by atoms with Gasteiger partial charge in [-0.1, -0.05) is 30.3 Å². The van der Waals surface area contributed by atoms with Crippen LogP contribution in [0.2, 0.25) is 0 Å². The summed E-state index contributed by atoms with van der Waals surface area (Å²) in [6.07, 6.45) is 2.51. The van der Waals surface area contributed by atoms with E-state index in [2.05, 4.69) is 34.1 Å². The molecule has 2 aromatic rings. The summed E-state index contributed by atoms with van der Waals surface area (Å²) < 4.78 is 5.96. The van der Waals surface area contributed by atoms with Gasteiger partial charge >= 0.3 is 0 Å². The molecule has 2 aromatic carbocycles. The molecule has 2 atom stereocenters. The topological polar surface area (TPSA) is 76.5 Å². The number of ether oxygens (including phenoxy) is 1. The number of nitrogens with zero attached hydrogens (tertiary/aromatic N) is 3. The highest BCUT2D eigenvalue weighted by Gasteiger charge is 2.28. The summed E-state index contributed by atoms with van der Waals surface area (Å²) in [6.45, 7) is 5.39. The van der Waals surface area contributed by atoms with Crippen molar-refractivity contribution in [3.63, 3.8) is 0 Å². The Kier molecular flexibility index (Phi) is 7.15. The summed E-state index contributed by atoms with van der Waals surface area (Å²) in [7, 11) is 0. The molecule has 0 radical (unpaired) electrons. The number of benzene rings is 2. The number of rotatable bonds is 7. The predicted octanol–water partition coefficient (Wildman–Crippen LogP) is 1.90. The molecule has 182 valence electrons. The molecule has 0 aromatic heterocycles. The van der Waals surface area contributed by atoms with Gasteiger partial charge in [-0.3, -0.25) is 14.6 Å². The molecule has 0 saturated carbocycles. The van der Waals surface area contributed by atoms with Gasteiger partial charge in [0.05, 0.1) is 24.8 Å². The van der Waals surface area contributed by atoms with Crippen LogP contribution in [0.15, 0.2) is 42.5 Å². The zero-order valence-corrected chi connectivity index (χ0v) is 19.7. The fourth-order valence-electron chi connectivity index (χ4n) is 5.54. The summed E-state index contributed by atoms with van der Waals surface area (Å²) in [4.78, 5) is 19.5. The second kappa shape index (κ2) is 10.4. The maximum atomic E-state index is 13.3. The van der Waals surface area contributed by atoms with Crippen LogP contribution in [-0.4, -0.2) is 88.9 Å². The number of aliphatic hydroxyl groups excluding tert-OH is 2. The van der Waals surface area contributed by atoms with Crippen molar-refractivity contribution >= 4 is 5.91 Å². The van der Waals surface area contributed by atoms with Gasteiger partial charge < -0.3 is 19.8 Å². The van der Waals surface area contributed by atoms with Crippen LogP contribution in [0.5, 0.6) is 5.75 Å². The molecule has 3 aliphatic rings. The van der Waals surface area contributed by atoms with E-state index in [1.54, 1.807) is 4.90 Å². The van der Waals surface area contributed by atoms with Crippen molar-refractivity contribution < 1.29 is 19.7 Å². The van der Waals surface area contributed by atoms with Crippen LogP contribution in [0, 0.1) is 0 Å². The number of carbonyl (C=O) groups excluding carboxylic acids is 1. The Morgan fingerprint density at radius 3 is 2.76 bits per heavy atom. The summed E-state index contributed by atoms with van der Waals surface area (Å²) in [5.41, 5.74) is 4.36. The number of β-amino-alcohol motifs (C(OH)–C–C–N with tert-alkyl or cyclic N) is 1. The first-order valence-corrected chi connectivity index (χ1v) is 12.5. The highest BCUT2D eigenvalue weighted by molar-refractivity contribution is 5.97. The molecular formula is C27H35N3O4. The molecule has 0 bridgehead atoms. The first-order chi connectivity index (χ1) is 16.6. The number of hydrogen-bond acceptors (Lipinski definition) is 6. The van der Waals surface area contributed by atoms with Crippen molar-refractivity contribution in [2.45, 2.75) is 44.5 Å². The number of amides is 1. The molecule has 0 spiro atoms. The van der Waals surface area contributed by atoms with Gasteiger partial charge in [0, 0.05) is 38.8 Å². The van der Waals surface area contributed by atoms with Gasteiger partial charge in [0.2, 0.25) is 0 Å². The second-order valence-corrected chi connectivity index (χ2v) is 9.79. The number of likely N-dealkylation sites (tertiary alicyclic amines) is 1. The monoisotopic (exact) mass is 465 g/mol. The third-order valence-electron chi connectivity index (χ3n) is 7.39. The Morgan fingerprint density at radius 2 is 1.91 bits per heavy atom. The average Bonchev–Trinajstić information content (AvgIpc) is 3.24. The Balaban J connectivity index is 1.20. The molecule has 0 aliphatic carbocycles. The molecule has 34 heavy (non-hydrogen) atoms. The minimum atomic E-state index is -0.611. The van der Waals surface area contributed by atoms with Gasteiger partial charge in [-0.2, -0.15) is 0 Å². The average molecular weight is 466 g/mol. The summed E-state index contributed by atoms with van der Waals surface area (Å²) >= 11 is 0. The van der Waals surface area contributed by atoms with E-state index < -0.39 is 6.10 Å². The Hall–Kier alpha value is -2.45. The van der Waals surface area contributed by atoms with E-state index in [0.717, 1.165) is 51.0 Å². The third kappa shape index (κ3) is 5.13. The third-order valence-corrected chi connectivity index (χ3v) is 7.39. The van der Waals surface area contributed by atoms with Gasteiger partial charge in [-0.05, 0) is 54.6 Å². The number of fused-ring (bicyclic) bond motifs is 2. The first-order valence-electron chi connectivity index (χ1n) is 12.5. The second-order valence-electron chi connectivity index (χ2n) is 9.79. The van der Waals surface area contributed by atoms with Gasteiger partial charge in [-0.25, -0.2) is 0 Å². The van der Waals surface area contributed by atoms with Crippen LogP contribution >= 0.6 is 0 Å². The highest BCUT2D eigenvalue weighted by atomic mass is 16.5. The number of hydrogen-bond donors (Lipinski definition) is 2. The number of carbonyl (C=O) groups is 1. The van der Waals surface area contributed by atoms with Crippen molar-refractivity contribution in [2.24, 2.45) is 0 Å². The molecular weight excluding hydrogens is 430 g/mol. The van der Waals surface area contributed by atoms with E-state index in [1.165, 1.54) is 11.1 Å². The molecule has 7 nitrogen and oxygen atoms in total. The molecule has 1 fully saturated rings. The van der Waals surface area contributed by atoms with Crippen molar-refractivity contribution in [3.05, 3.63) is 64.7 Å². The van der Waals surface area contributed by atoms with Gasteiger partial charge in [0.1, 0.15) is 12.4 Å². The lowest BCUT2D eigenvalue weighted by Gasteiger charge is -2.32. The van der Waals surface area contributed by atoms with E-state index in [1.807, 2.05) is 18.2 Å². The van der Waals surface area contributed by atoms with Crippen LogP contribution in [0.3, 0.4) is 0 Å². The Morgan fingerprint density at radius 1 is 1.06 bits per heavy atom. The first kappa shape index (κ1) is 23.3. The predicted molar refractivity (Wildman–Crippen MR) is 130 cm³/mol. The summed E-state index contributed by atoms with van der Waals surface area (Å²) in [5.74, 6) is 0.531. The van der Waals surface area contributed by atoms with E-state index in [4.69, 9.17) is 4.74 Å². The quantitative estimate of drug-likeness (QED) is 0.651. The molecule has 2 N–H and O–H groups in total. The van der Waals surface area contributed by atoms with E-state index in [-0.39, 0.29) is 18.6 Å².